The van der Waals surface area contributed by atoms with Gasteiger partial charge in [0.15, 0.2) is 17.5 Å². The zero-order valence-electron chi connectivity index (χ0n) is 16.9. The maximum absolute atomic E-state index is 12.5. The summed E-state index contributed by atoms with van der Waals surface area (Å²) >= 11 is 0. The average Bonchev–Trinajstić information content (AvgIpc) is 3.28. The summed E-state index contributed by atoms with van der Waals surface area (Å²) < 4.78 is 16.4. The lowest BCUT2D eigenvalue weighted by atomic mass is 10.2. The molecule has 2 aliphatic rings. The molecule has 1 aromatic rings. The Morgan fingerprint density at radius 1 is 1.21 bits per heavy atom. The molecule has 2 aliphatic heterocycles. The summed E-state index contributed by atoms with van der Waals surface area (Å²) in [5.74, 6) is 2.37. The minimum atomic E-state index is -0.246. The van der Waals surface area contributed by atoms with Gasteiger partial charge in [-0.05, 0) is 18.9 Å². The highest BCUT2D eigenvalue weighted by molar-refractivity contribution is 5.82. The summed E-state index contributed by atoms with van der Waals surface area (Å²) in [4.78, 5) is 21.0. The zero-order valence-corrected chi connectivity index (χ0v) is 16.9. The first-order valence-electron chi connectivity index (χ1n) is 9.73. The number of piperazine rings is 1. The smallest absolute Gasteiger partial charge is 0.251 e. The van der Waals surface area contributed by atoms with Crippen LogP contribution in [0.15, 0.2) is 23.2 Å². The maximum atomic E-state index is 12.5. The number of hydrogen-bond acceptors (Lipinski definition) is 5. The van der Waals surface area contributed by atoms with Crippen molar-refractivity contribution in [2.24, 2.45) is 4.99 Å². The van der Waals surface area contributed by atoms with Crippen molar-refractivity contribution in [2.45, 2.75) is 25.5 Å². The lowest BCUT2D eigenvalue weighted by Gasteiger charge is -2.37. The van der Waals surface area contributed by atoms with E-state index in [1.165, 1.54) is 0 Å². The van der Waals surface area contributed by atoms with Gasteiger partial charge in [-0.3, -0.25) is 9.79 Å². The SMILES string of the molecule is CN=C(NCc1cccc(OC)c1OC)N1CCN(C(=O)C2CCCO2)CC1. The van der Waals surface area contributed by atoms with Crippen LogP contribution in [0.5, 0.6) is 11.5 Å². The van der Waals surface area contributed by atoms with Gasteiger partial charge in [-0.2, -0.15) is 0 Å². The van der Waals surface area contributed by atoms with E-state index >= 15 is 0 Å². The minimum Gasteiger partial charge on any atom is -0.493 e. The number of amides is 1. The standard InChI is InChI=1S/C20H30N4O4/c1-21-20(22-14-15-6-4-7-16(26-2)18(15)27-3)24-11-9-23(10-12-24)19(25)17-8-5-13-28-17/h4,6-7,17H,5,8-14H2,1-3H3,(H,21,22). The molecule has 8 heteroatoms. The van der Waals surface area contributed by atoms with Crippen LogP contribution in [0.1, 0.15) is 18.4 Å². The Balaban J connectivity index is 1.55. The van der Waals surface area contributed by atoms with Crippen molar-refractivity contribution in [3.63, 3.8) is 0 Å². The molecule has 0 radical (unpaired) electrons. The van der Waals surface area contributed by atoms with Gasteiger partial charge in [-0.25, -0.2) is 0 Å². The van der Waals surface area contributed by atoms with E-state index in [1.54, 1.807) is 21.3 Å². The van der Waals surface area contributed by atoms with Gasteiger partial charge in [-0.15, -0.1) is 0 Å². The molecule has 8 nitrogen and oxygen atoms in total. The molecule has 154 valence electrons. The van der Waals surface area contributed by atoms with Gasteiger partial charge in [0.1, 0.15) is 6.10 Å². The summed E-state index contributed by atoms with van der Waals surface area (Å²) in [5.41, 5.74) is 0.996. The molecule has 2 heterocycles. The maximum Gasteiger partial charge on any atom is 0.251 e. The fourth-order valence-corrected chi connectivity index (χ4v) is 3.71. The molecule has 0 aliphatic carbocycles. The fourth-order valence-electron chi connectivity index (χ4n) is 3.71. The van der Waals surface area contributed by atoms with E-state index in [2.05, 4.69) is 15.2 Å². The fraction of sp³-hybridized carbons (Fsp3) is 0.600. The zero-order chi connectivity index (χ0) is 19.9. The number of hydrogen-bond donors (Lipinski definition) is 1. The Bertz CT molecular complexity index is 695. The second-order valence-corrected chi connectivity index (χ2v) is 6.87. The molecule has 0 aromatic heterocycles. The Morgan fingerprint density at radius 2 is 1.96 bits per heavy atom. The molecule has 1 N–H and O–H groups in total. The average molecular weight is 390 g/mol. The monoisotopic (exact) mass is 390 g/mol. The van der Waals surface area contributed by atoms with Crippen LogP contribution in [0.4, 0.5) is 0 Å². The van der Waals surface area contributed by atoms with E-state index in [0.717, 1.165) is 43.2 Å². The van der Waals surface area contributed by atoms with Crippen LogP contribution in [-0.4, -0.2) is 81.8 Å². The number of guanidine groups is 1. The number of ether oxygens (including phenoxy) is 3. The normalized spacial score (nSPS) is 20.2. The quantitative estimate of drug-likeness (QED) is 0.600. The molecular weight excluding hydrogens is 360 g/mol. The molecule has 1 aromatic carbocycles. The van der Waals surface area contributed by atoms with Gasteiger partial charge < -0.3 is 29.3 Å². The van der Waals surface area contributed by atoms with Crippen LogP contribution in [0, 0.1) is 0 Å². The highest BCUT2D eigenvalue weighted by atomic mass is 16.5. The Hall–Kier alpha value is -2.48. The van der Waals surface area contributed by atoms with Gasteiger partial charge in [0.05, 0.1) is 14.2 Å². The molecule has 3 rings (SSSR count). The molecule has 1 unspecified atom stereocenters. The lowest BCUT2D eigenvalue weighted by molar-refractivity contribution is -0.142. The molecule has 1 atom stereocenters. The van der Waals surface area contributed by atoms with Gasteiger partial charge in [0.2, 0.25) is 0 Å². The van der Waals surface area contributed by atoms with Gasteiger partial charge in [-0.1, -0.05) is 12.1 Å². The summed E-state index contributed by atoms with van der Waals surface area (Å²) in [7, 11) is 5.04. The first-order chi connectivity index (χ1) is 13.7. The van der Waals surface area contributed by atoms with E-state index in [4.69, 9.17) is 14.2 Å². The first-order valence-corrected chi connectivity index (χ1v) is 9.73. The van der Waals surface area contributed by atoms with Crippen molar-refractivity contribution >= 4 is 11.9 Å². The molecule has 0 saturated carbocycles. The number of nitrogens with one attached hydrogen (secondary N) is 1. The number of carbonyl (C=O) groups is 1. The molecule has 0 bridgehead atoms. The van der Waals surface area contributed by atoms with Crippen molar-refractivity contribution < 1.29 is 19.0 Å². The number of rotatable bonds is 5. The second kappa shape index (κ2) is 9.64. The van der Waals surface area contributed by atoms with Gasteiger partial charge in [0.25, 0.3) is 5.91 Å². The highest BCUT2D eigenvalue weighted by Gasteiger charge is 2.30. The number of para-hydroxylation sites is 1. The third kappa shape index (κ3) is 4.49. The Morgan fingerprint density at radius 3 is 2.57 bits per heavy atom. The number of aliphatic imine (C=N–C) groups is 1. The van der Waals surface area contributed by atoms with Crippen molar-refractivity contribution in [3.8, 4) is 11.5 Å². The van der Waals surface area contributed by atoms with Crippen molar-refractivity contribution in [1.82, 2.24) is 15.1 Å². The Labute approximate surface area is 166 Å². The third-order valence-electron chi connectivity index (χ3n) is 5.23. The van der Waals surface area contributed by atoms with Crippen LogP contribution in [-0.2, 0) is 16.1 Å². The third-order valence-corrected chi connectivity index (χ3v) is 5.23. The number of carbonyl (C=O) groups excluding carboxylic acids is 1. The van der Waals surface area contributed by atoms with E-state index in [9.17, 15) is 4.79 Å². The molecule has 1 amide bonds. The summed E-state index contributed by atoms with van der Waals surface area (Å²) in [5, 5.41) is 3.39. The van der Waals surface area contributed by atoms with Crippen LogP contribution >= 0.6 is 0 Å². The van der Waals surface area contributed by atoms with Crippen molar-refractivity contribution in [1.29, 1.82) is 0 Å². The van der Waals surface area contributed by atoms with E-state index < -0.39 is 0 Å². The molecular formula is C20H30N4O4. The predicted octanol–water partition coefficient (Wildman–Crippen LogP) is 1.10. The summed E-state index contributed by atoms with van der Waals surface area (Å²) in [6.45, 7) is 4.12. The topological polar surface area (TPSA) is 75.6 Å². The molecule has 2 saturated heterocycles. The largest absolute Gasteiger partial charge is 0.493 e. The van der Waals surface area contributed by atoms with Crippen LogP contribution < -0.4 is 14.8 Å². The highest BCUT2D eigenvalue weighted by Crippen LogP contribution is 2.30. The molecule has 28 heavy (non-hydrogen) atoms. The predicted molar refractivity (Wildman–Crippen MR) is 107 cm³/mol. The Kier molecular flexibility index (Phi) is 6.97. The van der Waals surface area contributed by atoms with Gasteiger partial charge >= 0.3 is 0 Å². The number of benzene rings is 1. The van der Waals surface area contributed by atoms with Crippen molar-refractivity contribution in [2.75, 3.05) is 54.1 Å². The summed E-state index contributed by atoms with van der Waals surface area (Å²) in [6, 6.07) is 5.82. The number of nitrogens with zero attached hydrogens (tertiary/aromatic N) is 3. The van der Waals surface area contributed by atoms with Crippen LogP contribution in [0.3, 0.4) is 0 Å². The molecule has 0 spiro atoms. The van der Waals surface area contributed by atoms with Crippen LogP contribution in [0.25, 0.3) is 0 Å². The first kappa shape index (κ1) is 20.3. The second-order valence-electron chi connectivity index (χ2n) is 6.87. The van der Waals surface area contributed by atoms with Crippen molar-refractivity contribution in [3.05, 3.63) is 23.8 Å². The summed E-state index contributed by atoms with van der Waals surface area (Å²) in [6.07, 6.45) is 1.57. The molecule has 2 fully saturated rings. The lowest BCUT2D eigenvalue weighted by Crippen LogP contribution is -2.55. The number of methoxy groups -OCH3 is 2. The van der Waals surface area contributed by atoms with E-state index in [-0.39, 0.29) is 12.0 Å². The van der Waals surface area contributed by atoms with E-state index in [1.807, 2.05) is 23.1 Å². The van der Waals surface area contributed by atoms with Gasteiger partial charge in [0, 0.05) is 51.9 Å². The van der Waals surface area contributed by atoms with E-state index in [0.29, 0.717) is 32.0 Å². The minimum absolute atomic E-state index is 0.126. The van der Waals surface area contributed by atoms with Crippen LogP contribution in [0.2, 0.25) is 0 Å².